The Labute approximate surface area is 144 Å². The predicted octanol–water partition coefficient (Wildman–Crippen LogP) is 3.50. The third-order valence-corrected chi connectivity index (χ3v) is 4.56. The van der Waals surface area contributed by atoms with Gasteiger partial charge in [0.2, 0.25) is 0 Å². The molecule has 1 atom stereocenters. The van der Waals surface area contributed by atoms with Gasteiger partial charge >= 0.3 is 5.97 Å². The number of hydrogen-bond acceptors (Lipinski definition) is 4. The Morgan fingerprint density at radius 1 is 1.39 bits per heavy atom. The average molecular weight is 332 g/mol. The number of thioether (sulfide) groups is 1. The molecule has 0 radical (unpaired) electrons. The standard InChI is InChI=1S/C18H19NO3S/c1-22-16-6-7-17-15(10-16)12-19(8-9-23-17)11-13-2-4-14(5-3-13)18(20)21/h2-7,10H,8-9,11-12H2,1H3,(H,20,21)/i11D,12D2. The monoisotopic (exact) mass is 332 g/mol. The van der Waals surface area contributed by atoms with E-state index in [1.165, 1.54) is 24.1 Å². The molecular weight excluding hydrogens is 310 g/mol. The van der Waals surface area contributed by atoms with Crippen molar-refractivity contribution in [3.05, 3.63) is 59.2 Å². The molecule has 23 heavy (non-hydrogen) atoms. The Balaban J connectivity index is 1.96. The van der Waals surface area contributed by atoms with Gasteiger partial charge in [-0.2, -0.15) is 0 Å². The van der Waals surface area contributed by atoms with E-state index in [0.29, 0.717) is 29.2 Å². The zero-order valence-corrected chi connectivity index (χ0v) is 13.5. The minimum Gasteiger partial charge on any atom is -0.497 e. The largest absolute Gasteiger partial charge is 0.497 e. The lowest BCUT2D eigenvalue weighted by Crippen LogP contribution is -2.24. The van der Waals surface area contributed by atoms with Gasteiger partial charge in [0.15, 0.2) is 0 Å². The highest BCUT2D eigenvalue weighted by Gasteiger charge is 2.16. The molecule has 1 aliphatic rings. The molecule has 120 valence electrons. The average Bonchev–Trinajstić information content (AvgIpc) is 2.76. The number of hydrogen-bond donors (Lipinski definition) is 1. The lowest BCUT2D eigenvalue weighted by atomic mass is 10.1. The molecule has 0 fully saturated rings. The van der Waals surface area contributed by atoms with Crippen LogP contribution in [0.25, 0.3) is 0 Å². The van der Waals surface area contributed by atoms with E-state index in [1.54, 1.807) is 36.0 Å². The molecule has 0 saturated heterocycles. The first-order valence-electron chi connectivity index (χ1n) is 8.76. The molecule has 1 aliphatic heterocycles. The molecule has 1 N–H and O–H groups in total. The van der Waals surface area contributed by atoms with Crippen LogP contribution in [0.3, 0.4) is 0 Å². The van der Waals surface area contributed by atoms with Gasteiger partial charge in [-0.05, 0) is 41.5 Å². The predicted molar refractivity (Wildman–Crippen MR) is 91.2 cm³/mol. The van der Waals surface area contributed by atoms with Gasteiger partial charge in [-0.1, -0.05) is 12.1 Å². The summed E-state index contributed by atoms with van der Waals surface area (Å²) in [5, 5.41) is 9.01. The Bertz CT molecular complexity index is 814. The van der Waals surface area contributed by atoms with Crippen molar-refractivity contribution < 1.29 is 18.8 Å². The van der Waals surface area contributed by atoms with Crippen molar-refractivity contribution in [2.45, 2.75) is 17.9 Å². The number of aromatic carboxylic acids is 1. The molecule has 0 bridgehead atoms. The number of methoxy groups -OCH3 is 1. The van der Waals surface area contributed by atoms with Crippen LogP contribution in [0.1, 0.15) is 25.6 Å². The molecule has 1 heterocycles. The number of carbonyl (C=O) groups is 1. The maximum Gasteiger partial charge on any atom is 0.335 e. The smallest absolute Gasteiger partial charge is 0.335 e. The molecule has 0 aliphatic carbocycles. The maximum atomic E-state index is 11.0. The second-order valence-corrected chi connectivity index (χ2v) is 6.21. The van der Waals surface area contributed by atoms with Crippen LogP contribution < -0.4 is 4.74 Å². The van der Waals surface area contributed by atoms with Crippen LogP contribution in [0.2, 0.25) is 0 Å². The first kappa shape index (κ1) is 12.4. The highest BCUT2D eigenvalue weighted by molar-refractivity contribution is 7.99. The van der Waals surface area contributed by atoms with Gasteiger partial charge in [0.25, 0.3) is 0 Å². The Morgan fingerprint density at radius 3 is 2.87 bits per heavy atom. The lowest BCUT2D eigenvalue weighted by molar-refractivity contribution is 0.0697. The Hall–Kier alpha value is -1.98. The van der Waals surface area contributed by atoms with Gasteiger partial charge in [0.1, 0.15) is 5.75 Å². The number of ether oxygens (including phenoxy) is 1. The van der Waals surface area contributed by atoms with E-state index in [1.807, 2.05) is 6.07 Å². The summed E-state index contributed by atoms with van der Waals surface area (Å²) in [6.07, 6.45) is 0. The number of carboxylic acids is 1. The molecular formula is C18H19NO3S. The Kier molecular flexibility index (Phi) is 3.82. The molecule has 2 aromatic carbocycles. The van der Waals surface area contributed by atoms with E-state index in [-0.39, 0.29) is 5.56 Å². The highest BCUT2D eigenvalue weighted by atomic mass is 32.2. The van der Waals surface area contributed by atoms with Gasteiger partial charge in [0, 0.05) is 34.3 Å². The molecule has 4 nitrogen and oxygen atoms in total. The first-order chi connectivity index (χ1) is 12.3. The molecule has 5 heteroatoms. The fraction of sp³-hybridized carbons (Fsp3) is 0.278. The van der Waals surface area contributed by atoms with Crippen LogP contribution in [0, 0.1) is 0 Å². The van der Waals surface area contributed by atoms with Crippen molar-refractivity contribution >= 4 is 17.7 Å². The van der Waals surface area contributed by atoms with Crippen LogP contribution >= 0.6 is 11.8 Å². The molecule has 0 aromatic heterocycles. The van der Waals surface area contributed by atoms with Crippen molar-refractivity contribution in [1.29, 1.82) is 0 Å². The summed E-state index contributed by atoms with van der Waals surface area (Å²) in [7, 11) is 1.54. The van der Waals surface area contributed by atoms with Gasteiger partial charge in [-0.3, -0.25) is 4.90 Å². The van der Waals surface area contributed by atoms with E-state index in [9.17, 15) is 4.79 Å². The molecule has 0 spiro atoms. The number of fused-ring (bicyclic) bond motifs is 1. The fourth-order valence-corrected chi connectivity index (χ4v) is 3.23. The normalized spacial score (nSPS) is 20.3. The lowest BCUT2D eigenvalue weighted by Gasteiger charge is -2.20. The van der Waals surface area contributed by atoms with E-state index < -0.39 is 19.0 Å². The molecule has 0 amide bonds. The summed E-state index contributed by atoms with van der Waals surface area (Å²) in [4.78, 5) is 13.3. The molecule has 0 saturated carbocycles. The third-order valence-electron chi connectivity index (χ3n) is 3.50. The summed E-state index contributed by atoms with van der Waals surface area (Å²) in [6, 6.07) is 11.4. The van der Waals surface area contributed by atoms with Gasteiger partial charge in [-0.25, -0.2) is 4.79 Å². The fourth-order valence-electron chi connectivity index (χ4n) is 2.30. The van der Waals surface area contributed by atoms with E-state index in [4.69, 9.17) is 14.0 Å². The second kappa shape index (κ2) is 7.06. The molecule has 1 unspecified atom stereocenters. The van der Waals surface area contributed by atoms with Gasteiger partial charge in [0.05, 0.1) is 12.7 Å². The molecule has 2 aromatic rings. The topological polar surface area (TPSA) is 49.8 Å². The van der Waals surface area contributed by atoms with Crippen molar-refractivity contribution in [2.75, 3.05) is 19.4 Å². The highest BCUT2D eigenvalue weighted by Crippen LogP contribution is 2.30. The number of nitrogens with zero attached hydrogens (tertiary/aromatic N) is 1. The Morgan fingerprint density at radius 2 is 2.17 bits per heavy atom. The minimum atomic E-state index is -1.86. The minimum absolute atomic E-state index is 0.144. The summed E-state index contributed by atoms with van der Waals surface area (Å²) in [6.45, 7) is -2.42. The van der Waals surface area contributed by atoms with E-state index >= 15 is 0 Å². The van der Waals surface area contributed by atoms with Gasteiger partial charge < -0.3 is 9.84 Å². The number of carboxylic acid groups (broad SMARTS) is 1. The van der Waals surface area contributed by atoms with Crippen LogP contribution in [0.5, 0.6) is 5.75 Å². The maximum absolute atomic E-state index is 11.0. The first-order valence-corrected chi connectivity index (χ1v) is 8.16. The zero-order valence-electron chi connectivity index (χ0n) is 15.7. The summed E-state index contributed by atoms with van der Waals surface area (Å²) < 4.78 is 31.2. The van der Waals surface area contributed by atoms with Crippen LogP contribution in [-0.4, -0.2) is 35.4 Å². The second-order valence-electron chi connectivity index (χ2n) is 5.07. The zero-order chi connectivity index (χ0) is 18.9. The van der Waals surface area contributed by atoms with Crippen molar-refractivity contribution in [2.24, 2.45) is 0 Å². The van der Waals surface area contributed by atoms with Crippen molar-refractivity contribution in [3.8, 4) is 5.75 Å². The van der Waals surface area contributed by atoms with Crippen LogP contribution in [0.15, 0.2) is 47.4 Å². The third kappa shape index (κ3) is 3.86. The summed E-state index contributed by atoms with van der Waals surface area (Å²) >= 11 is 1.56. The quantitative estimate of drug-likeness (QED) is 0.928. The van der Waals surface area contributed by atoms with Crippen LogP contribution in [-0.2, 0) is 13.0 Å². The molecule has 3 rings (SSSR count). The van der Waals surface area contributed by atoms with Gasteiger partial charge in [-0.15, -0.1) is 11.8 Å². The number of benzene rings is 2. The summed E-state index contributed by atoms with van der Waals surface area (Å²) in [5.74, 6) is 0.199. The van der Waals surface area contributed by atoms with Crippen molar-refractivity contribution in [3.63, 3.8) is 0 Å². The SMILES string of the molecule is [2H]C(c1ccc(C(=O)O)cc1)N1CCSc2ccc(OC)cc2C1([2H])[2H]. The number of rotatable bonds is 4. The van der Waals surface area contributed by atoms with Crippen molar-refractivity contribution in [1.82, 2.24) is 4.90 Å². The van der Waals surface area contributed by atoms with Crippen LogP contribution in [0.4, 0.5) is 0 Å². The summed E-state index contributed by atoms with van der Waals surface area (Å²) in [5.41, 5.74) is 1.18. The van der Waals surface area contributed by atoms with E-state index in [2.05, 4.69) is 0 Å². The van der Waals surface area contributed by atoms with E-state index in [0.717, 1.165) is 4.90 Å².